The quantitative estimate of drug-likeness (QED) is 0.780. The number of hydrogen-bond acceptors (Lipinski definition) is 2. The number of halogens is 1. The van der Waals surface area contributed by atoms with E-state index in [-0.39, 0.29) is 0 Å². The molecule has 0 fully saturated rings. The van der Waals surface area contributed by atoms with E-state index in [2.05, 4.69) is 31.1 Å². The molecule has 0 aromatic carbocycles. The Bertz CT molecular complexity index is 375. The minimum Gasteiger partial charge on any atom is -0.263 e. The molecule has 2 heterocycles. The minimum absolute atomic E-state index is 0.849. The second kappa shape index (κ2) is 2.34. The number of aromatic nitrogens is 4. The van der Waals surface area contributed by atoms with Crippen molar-refractivity contribution in [3.8, 4) is 0 Å². The van der Waals surface area contributed by atoms with Crippen LogP contribution in [0.4, 0.5) is 0 Å². The molecule has 0 spiro atoms. The molecular weight excluding hydrogens is 208 g/mol. The molecule has 0 bridgehead atoms. The summed E-state index contributed by atoms with van der Waals surface area (Å²) in [7, 11) is 0. The molecule has 0 unspecified atom stereocenters. The van der Waals surface area contributed by atoms with E-state index in [1.807, 2.05) is 6.92 Å². The van der Waals surface area contributed by atoms with Crippen molar-refractivity contribution in [2.24, 2.45) is 0 Å². The molecule has 0 aliphatic heterocycles. The van der Waals surface area contributed by atoms with Crippen LogP contribution in [-0.4, -0.2) is 19.8 Å². The van der Waals surface area contributed by atoms with Crippen LogP contribution in [0, 0.1) is 0 Å². The maximum Gasteiger partial charge on any atom is 0.189 e. The van der Waals surface area contributed by atoms with Crippen molar-refractivity contribution >= 4 is 21.6 Å². The van der Waals surface area contributed by atoms with Gasteiger partial charge >= 0.3 is 0 Å². The summed E-state index contributed by atoms with van der Waals surface area (Å²) in [6.45, 7) is 2.05. The van der Waals surface area contributed by atoms with Gasteiger partial charge in [0, 0.05) is 6.42 Å². The van der Waals surface area contributed by atoms with E-state index in [4.69, 9.17) is 0 Å². The molecular formula is C6H7BrN4. The molecule has 2 rings (SSSR count). The fourth-order valence-electron chi connectivity index (χ4n) is 0.938. The van der Waals surface area contributed by atoms with Crippen molar-refractivity contribution in [2.75, 3.05) is 0 Å². The number of fused-ring (bicyclic) bond motifs is 1. The average molecular weight is 215 g/mol. The molecule has 0 aliphatic carbocycles. The van der Waals surface area contributed by atoms with E-state index in [0.29, 0.717) is 0 Å². The van der Waals surface area contributed by atoms with Crippen LogP contribution >= 0.6 is 15.9 Å². The monoisotopic (exact) mass is 214 g/mol. The lowest BCUT2D eigenvalue weighted by molar-refractivity contribution is 0.789. The largest absolute Gasteiger partial charge is 0.263 e. The summed E-state index contributed by atoms with van der Waals surface area (Å²) >= 11 is 3.34. The summed E-state index contributed by atoms with van der Waals surface area (Å²) in [5, 5.41) is 7.07. The highest BCUT2D eigenvalue weighted by Crippen LogP contribution is 2.14. The van der Waals surface area contributed by atoms with Crippen LogP contribution in [0.15, 0.2) is 10.7 Å². The van der Waals surface area contributed by atoms with Crippen molar-refractivity contribution in [1.29, 1.82) is 0 Å². The van der Waals surface area contributed by atoms with Gasteiger partial charge in [-0.1, -0.05) is 6.92 Å². The first-order valence-electron chi connectivity index (χ1n) is 3.39. The number of nitrogens with zero attached hydrogens (tertiary/aromatic N) is 3. The molecule has 0 saturated heterocycles. The number of rotatable bonds is 1. The lowest BCUT2D eigenvalue weighted by Gasteiger charge is -1.81. The van der Waals surface area contributed by atoms with Crippen LogP contribution in [0.5, 0.6) is 0 Å². The fourth-order valence-corrected chi connectivity index (χ4v) is 1.29. The van der Waals surface area contributed by atoms with Crippen molar-refractivity contribution in [2.45, 2.75) is 13.3 Å². The van der Waals surface area contributed by atoms with Gasteiger partial charge in [0.05, 0.1) is 10.7 Å². The maximum absolute atomic E-state index is 4.29. The molecule has 58 valence electrons. The van der Waals surface area contributed by atoms with Gasteiger partial charge in [-0.15, -0.1) is 0 Å². The van der Waals surface area contributed by atoms with Gasteiger partial charge in [0.1, 0.15) is 5.82 Å². The van der Waals surface area contributed by atoms with Crippen LogP contribution in [0.1, 0.15) is 12.7 Å². The van der Waals surface area contributed by atoms with Gasteiger partial charge in [0.2, 0.25) is 0 Å². The third kappa shape index (κ3) is 0.956. The maximum atomic E-state index is 4.29. The van der Waals surface area contributed by atoms with E-state index in [9.17, 15) is 0 Å². The van der Waals surface area contributed by atoms with E-state index < -0.39 is 0 Å². The van der Waals surface area contributed by atoms with E-state index in [1.165, 1.54) is 0 Å². The lowest BCUT2D eigenvalue weighted by Crippen LogP contribution is -1.87. The first kappa shape index (κ1) is 6.84. The van der Waals surface area contributed by atoms with Gasteiger partial charge in [-0.25, -0.2) is 4.98 Å². The number of hydrogen-bond donors (Lipinski definition) is 1. The summed E-state index contributed by atoms with van der Waals surface area (Å²) < 4.78 is 2.58. The van der Waals surface area contributed by atoms with E-state index in [0.717, 1.165) is 22.4 Å². The topological polar surface area (TPSA) is 46.0 Å². The molecule has 0 aliphatic rings. The highest BCUT2D eigenvalue weighted by atomic mass is 79.9. The van der Waals surface area contributed by atoms with E-state index in [1.54, 1.807) is 10.8 Å². The number of nitrogens with one attached hydrogen (secondary N) is 1. The molecule has 4 nitrogen and oxygen atoms in total. The van der Waals surface area contributed by atoms with Gasteiger partial charge in [0.25, 0.3) is 0 Å². The zero-order chi connectivity index (χ0) is 7.84. The van der Waals surface area contributed by atoms with Gasteiger partial charge in [-0.2, -0.15) is 9.73 Å². The fraction of sp³-hybridized carbons (Fsp3) is 0.333. The molecule has 1 N–H and O–H groups in total. The Labute approximate surface area is 71.7 Å². The van der Waals surface area contributed by atoms with Crippen LogP contribution in [0.25, 0.3) is 5.65 Å². The van der Waals surface area contributed by atoms with Crippen LogP contribution in [-0.2, 0) is 6.42 Å². The number of H-pyrrole nitrogens is 1. The first-order valence-corrected chi connectivity index (χ1v) is 4.18. The predicted octanol–water partition coefficient (Wildman–Crippen LogP) is 1.38. The summed E-state index contributed by atoms with van der Waals surface area (Å²) in [6.07, 6.45) is 2.62. The second-order valence-electron chi connectivity index (χ2n) is 2.25. The van der Waals surface area contributed by atoms with Crippen molar-refractivity contribution in [3.05, 3.63) is 16.5 Å². The Morgan fingerprint density at radius 1 is 1.73 bits per heavy atom. The Morgan fingerprint density at radius 3 is 3.18 bits per heavy atom. The summed E-state index contributed by atoms with van der Waals surface area (Å²) in [6, 6.07) is 0. The zero-order valence-corrected chi connectivity index (χ0v) is 7.59. The van der Waals surface area contributed by atoms with Crippen molar-refractivity contribution in [3.63, 3.8) is 0 Å². The molecule has 0 radical (unpaired) electrons. The Balaban J connectivity index is 2.70. The molecule has 11 heavy (non-hydrogen) atoms. The van der Waals surface area contributed by atoms with Crippen LogP contribution in [0.2, 0.25) is 0 Å². The zero-order valence-electron chi connectivity index (χ0n) is 6.00. The SMILES string of the molecule is CCc1nc2c(Br)cnn2[nH]1. The third-order valence-electron chi connectivity index (χ3n) is 1.51. The molecule has 2 aromatic rings. The van der Waals surface area contributed by atoms with Gasteiger partial charge < -0.3 is 0 Å². The summed E-state index contributed by atoms with van der Waals surface area (Å²) in [5.74, 6) is 0.953. The predicted molar refractivity (Wildman–Crippen MR) is 44.4 cm³/mol. The Morgan fingerprint density at radius 2 is 2.55 bits per heavy atom. The third-order valence-corrected chi connectivity index (χ3v) is 2.07. The molecule has 5 heteroatoms. The second-order valence-corrected chi connectivity index (χ2v) is 3.11. The highest BCUT2D eigenvalue weighted by Gasteiger charge is 2.04. The number of aromatic amines is 1. The molecule has 0 amide bonds. The van der Waals surface area contributed by atoms with Gasteiger partial charge in [-0.3, -0.25) is 5.10 Å². The normalized spacial score (nSPS) is 11.1. The highest BCUT2D eigenvalue weighted by molar-refractivity contribution is 9.10. The van der Waals surface area contributed by atoms with Crippen LogP contribution in [0.3, 0.4) is 0 Å². The van der Waals surface area contributed by atoms with Crippen molar-refractivity contribution in [1.82, 2.24) is 19.8 Å². The smallest absolute Gasteiger partial charge is 0.189 e. The Kier molecular flexibility index (Phi) is 1.45. The van der Waals surface area contributed by atoms with Crippen LogP contribution < -0.4 is 0 Å². The summed E-state index contributed by atoms with van der Waals surface area (Å²) in [4.78, 5) is 4.29. The minimum atomic E-state index is 0.849. The molecule has 0 atom stereocenters. The molecule has 0 saturated carbocycles. The van der Waals surface area contributed by atoms with E-state index >= 15 is 0 Å². The van der Waals surface area contributed by atoms with Crippen molar-refractivity contribution < 1.29 is 0 Å². The standard InChI is InChI=1S/C6H7BrN4/c1-2-5-9-6-4(7)3-8-11(6)10-5/h3H,2H2,1H3,(H,9,10). The lowest BCUT2D eigenvalue weighted by atomic mass is 10.5. The molecule has 2 aromatic heterocycles. The van der Waals surface area contributed by atoms with Gasteiger partial charge in [0.15, 0.2) is 5.65 Å². The average Bonchev–Trinajstić information content (AvgIpc) is 2.53. The Hall–Kier alpha value is -0.840. The first-order chi connectivity index (χ1) is 5.31. The van der Waals surface area contributed by atoms with Gasteiger partial charge in [-0.05, 0) is 15.9 Å². The number of aryl methyl sites for hydroxylation is 1. The summed E-state index contributed by atoms with van der Waals surface area (Å²) in [5.41, 5.74) is 0.849.